The second-order valence-corrected chi connectivity index (χ2v) is 14.6. The number of hydrogen-bond acceptors (Lipinski definition) is 10. The molecule has 0 amide bonds. The molecule has 0 saturated carbocycles. The van der Waals surface area contributed by atoms with Gasteiger partial charge in [0.25, 0.3) is 0 Å². The van der Waals surface area contributed by atoms with Gasteiger partial charge in [-0.05, 0) is 101 Å². The van der Waals surface area contributed by atoms with Crippen LogP contribution in [-0.4, -0.2) is 72.0 Å². The quantitative estimate of drug-likeness (QED) is 0.0290. The molecule has 1 unspecified atom stereocenters. The fourth-order valence-electron chi connectivity index (χ4n) is 6.85. The van der Waals surface area contributed by atoms with Gasteiger partial charge in [-0.15, -0.1) is 0 Å². The molecule has 0 N–H and O–H groups in total. The van der Waals surface area contributed by atoms with E-state index in [-0.39, 0.29) is 23.4 Å². The molecule has 0 radical (unpaired) electrons. The molecular weight excluding hydrogens is 688 g/mol. The maximum absolute atomic E-state index is 13.0. The Bertz CT molecular complexity index is 1840. The Morgan fingerprint density at radius 3 is 1.67 bits per heavy atom. The van der Waals surface area contributed by atoms with Gasteiger partial charge in [0, 0.05) is 16.7 Å². The fraction of sp³-hybridized carbons (Fsp3) is 0.432. The summed E-state index contributed by atoms with van der Waals surface area (Å²) < 4.78 is 39.7. The summed E-state index contributed by atoms with van der Waals surface area (Å²) >= 11 is 0. The molecule has 2 saturated heterocycles. The zero-order chi connectivity index (χ0) is 37.4. The monoisotopic (exact) mass is 738 g/mol. The molecule has 54 heavy (non-hydrogen) atoms. The van der Waals surface area contributed by atoms with Crippen molar-refractivity contribution in [3.8, 4) is 34.1 Å². The molecule has 2 fully saturated rings. The molecule has 286 valence electrons. The third-order valence-electron chi connectivity index (χ3n) is 10.8. The SMILES string of the molecule is CCC1(COCCOc2ccc(COOc3ccc4c(c3)C(C)c3cc(OC(=O)c5ccc(OCCOCC6(CC)COC6)cc5)ccc3-4)cc2)COC1. The highest BCUT2D eigenvalue weighted by atomic mass is 17.2. The number of carbonyl (C=O) groups is 1. The van der Waals surface area contributed by atoms with Gasteiger partial charge in [0.15, 0.2) is 5.75 Å². The average molecular weight is 739 g/mol. The van der Waals surface area contributed by atoms with E-state index in [4.69, 9.17) is 42.9 Å². The third kappa shape index (κ3) is 8.91. The summed E-state index contributed by atoms with van der Waals surface area (Å²) in [7, 11) is 0. The van der Waals surface area contributed by atoms with E-state index in [1.54, 1.807) is 24.3 Å². The standard InChI is InChI=1S/C44H50O10/c1-4-43(27-48-28-43)25-46-18-20-50-34-10-6-32(7-11-34)24-52-54-37-15-17-39-38-16-14-36(22-40(38)31(3)41(39)23-37)53-42(45)33-8-12-35(13-9-33)51-21-19-47-26-44(5-2)29-49-30-44/h6-17,22-23,31H,4-5,18-21,24-30H2,1-3H3. The predicted molar refractivity (Wildman–Crippen MR) is 202 cm³/mol. The van der Waals surface area contributed by atoms with E-state index in [1.807, 2.05) is 60.7 Å². The van der Waals surface area contributed by atoms with Crippen LogP contribution in [0.25, 0.3) is 11.1 Å². The summed E-state index contributed by atoms with van der Waals surface area (Å²) in [6.07, 6.45) is 2.10. The third-order valence-corrected chi connectivity index (χ3v) is 10.8. The average Bonchev–Trinajstić information content (AvgIpc) is 3.44. The maximum Gasteiger partial charge on any atom is 0.343 e. The highest BCUT2D eigenvalue weighted by Crippen LogP contribution is 2.47. The Kier molecular flexibility index (Phi) is 12.2. The van der Waals surface area contributed by atoms with Crippen LogP contribution in [-0.2, 0) is 30.4 Å². The number of benzene rings is 4. The largest absolute Gasteiger partial charge is 0.491 e. The van der Waals surface area contributed by atoms with E-state index in [2.05, 4.69) is 20.8 Å². The summed E-state index contributed by atoms with van der Waals surface area (Å²) in [5.41, 5.74) is 6.17. The Morgan fingerprint density at radius 2 is 1.15 bits per heavy atom. The van der Waals surface area contributed by atoms with Crippen molar-refractivity contribution in [2.75, 3.05) is 66.1 Å². The minimum atomic E-state index is -0.430. The molecule has 4 aromatic rings. The predicted octanol–water partition coefficient (Wildman–Crippen LogP) is 8.19. The van der Waals surface area contributed by atoms with E-state index < -0.39 is 5.97 Å². The van der Waals surface area contributed by atoms with Gasteiger partial charge in [0.2, 0.25) is 0 Å². The van der Waals surface area contributed by atoms with Gasteiger partial charge in [-0.25, -0.2) is 4.79 Å². The van der Waals surface area contributed by atoms with Gasteiger partial charge in [-0.3, -0.25) is 0 Å². The van der Waals surface area contributed by atoms with Crippen LogP contribution in [0.2, 0.25) is 0 Å². The highest BCUT2D eigenvalue weighted by molar-refractivity contribution is 5.91. The van der Waals surface area contributed by atoms with Crippen LogP contribution in [0.3, 0.4) is 0 Å². The summed E-state index contributed by atoms with van der Waals surface area (Å²) in [6.45, 7) is 13.2. The second-order valence-electron chi connectivity index (χ2n) is 14.6. The van der Waals surface area contributed by atoms with E-state index in [9.17, 15) is 4.79 Å². The highest BCUT2D eigenvalue weighted by Gasteiger charge is 2.37. The number of fused-ring (bicyclic) bond motifs is 3. The summed E-state index contributed by atoms with van der Waals surface area (Å²) in [4.78, 5) is 24.3. The molecule has 1 aliphatic carbocycles. The van der Waals surface area contributed by atoms with Gasteiger partial charge in [0.05, 0.1) is 58.4 Å². The minimum absolute atomic E-state index is 0.0742. The van der Waals surface area contributed by atoms with Gasteiger partial charge >= 0.3 is 5.97 Å². The van der Waals surface area contributed by atoms with Crippen LogP contribution in [0.1, 0.15) is 66.6 Å². The van der Waals surface area contributed by atoms with Crippen molar-refractivity contribution in [2.24, 2.45) is 10.8 Å². The van der Waals surface area contributed by atoms with E-state index in [0.29, 0.717) is 62.5 Å². The summed E-state index contributed by atoms with van der Waals surface area (Å²) in [6, 6.07) is 26.5. The lowest BCUT2D eigenvalue weighted by Crippen LogP contribution is -2.45. The lowest BCUT2D eigenvalue weighted by Gasteiger charge is -2.40. The lowest BCUT2D eigenvalue weighted by atomic mass is 9.84. The summed E-state index contributed by atoms with van der Waals surface area (Å²) in [5, 5.41) is 0. The number of esters is 1. The molecule has 2 aliphatic heterocycles. The zero-order valence-electron chi connectivity index (χ0n) is 31.4. The van der Waals surface area contributed by atoms with Gasteiger partial charge in [0.1, 0.15) is 37.1 Å². The Morgan fingerprint density at radius 1 is 0.648 bits per heavy atom. The van der Waals surface area contributed by atoms with Gasteiger partial charge < -0.3 is 38.0 Å². The minimum Gasteiger partial charge on any atom is -0.491 e. The molecule has 0 aromatic heterocycles. The molecule has 10 nitrogen and oxygen atoms in total. The fourth-order valence-corrected chi connectivity index (χ4v) is 6.85. The smallest absolute Gasteiger partial charge is 0.343 e. The van der Waals surface area contributed by atoms with Gasteiger partial charge in [-0.2, -0.15) is 4.89 Å². The molecule has 0 spiro atoms. The van der Waals surface area contributed by atoms with Crippen molar-refractivity contribution in [3.05, 3.63) is 107 Å². The molecule has 0 bridgehead atoms. The summed E-state index contributed by atoms with van der Waals surface area (Å²) in [5.74, 6) is 2.20. The van der Waals surface area contributed by atoms with Crippen LogP contribution >= 0.6 is 0 Å². The zero-order valence-corrected chi connectivity index (χ0v) is 31.4. The molecule has 4 aromatic carbocycles. The number of rotatable bonds is 20. The van der Waals surface area contributed by atoms with Crippen LogP contribution in [0.15, 0.2) is 84.9 Å². The van der Waals surface area contributed by atoms with Crippen LogP contribution in [0.4, 0.5) is 0 Å². The van der Waals surface area contributed by atoms with E-state index >= 15 is 0 Å². The number of carbonyl (C=O) groups excluding carboxylic acids is 1. The van der Waals surface area contributed by atoms with E-state index in [1.165, 1.54) is 0 Å². The maximum atomic E-state index is 13.0. The molecule has 2 heterocycles. The van der Waals surface area contributed by atoms with Crippen molar-refractivity contribution in [3.63, 3.8) is 0 Å². The van der Waals surface area contributed by atoms with Crippen LogP contribution < -0.4 is 19.1 Å². The first-order chi connectivity index (χ1) is 26.4. The number of ether oxygens (including phenoxy) is 7. The normalized spacial score (nSPS) is 17.4. The molecule has 7 rings (SSSR count). The first-order valence-electron chi connectivity index (χ1n) is 18.9. The molecular formula is C44H50O10. The van der Waals surface area contributed by atoms with Gasteiger partial charge in [-0.1, -0.05) is 45.0 Å². The Hall–Kier alpha value is -4.45. The van der Waals surface area contributed by atoms with Crippen molar-refractivity contribution in [2.45, 2.75) is 46.1 Å². The van der Waals surface area contributed by atoms with Crippen molar-refractivity contribution >= 4 is 5.97 Å². The molecule has 10 heteroatoms. The van der Waals surface area contributed by atoms with E-state index in [0.717, 1.165) is 72.8 Å². The van der Waals surface area contributed by atoms with Crippen molar-refractivity contribution in [1.29, 1.82) is 0 Å². The lowest BCUT2D eigenvalue weighted by molar-refractivity contribution is -0.217. The molecule has 1 atom stereocenters. The van der Waals surface area contributed by atoms with Crippen molar-refractivity contribution < 1.29 is 47.7 Å². The first kappa shape index (κ1) is 37.8. The topological polar surface area (TPSA) is 100 Å². The second kappa shape index (κ2) is 17.3. The Labute approximate surface area is 317 Å². The van der Waals surface area contributed by atoms with Crippen LogP contribution in [0.5, 0.6) is 23.0 Å². The van der Waals surface area contributed by atoms with Crippen molar-refractivity contribution in [1.82, 2.24) is 0 Å². The van der Waals surface area contributed by atoms with Crippen LogP contribution in [0, 0.1) is 10.8 Å². The molecule has 3 aliphatic rings. The first-order valence-corrected chi connectivity index (χ1v) is 18.9. The Balaban J connectivity index is 0.837. The number of hydrogen-bond donors (Lipinski definition) is 0.